The van der Waals surface area contributed by atoms with Crippen LogP contribution < -0.4 is 5.73 Å². The lowest BCUT2D eigenvalue weighted by atomic mass is 10.0. The quantitative estimate of drug-likeness (QED) is 0.561. The largest absolute Gasteiger partial charge is 0.402 e. The van der Waals surface area contributed by atoms with Crippen molar-refractivity contribution in [3.8, 4) is 0 Å². The predicted molar refractivity (Wildman–Crippen MR) is 39.8 cm³/mol. The van der Waals surface area contributed by atoms with Crippen molar-refractivity contribution < 1.29 is 0 Å². The molecule has 0 aromatic carbocycles. The lowest BCUT2D eigenvalue weighted by Crippen LogP contribution is -2.00. The second kappa shape index (κ2) is 2.53. The van der Waals surface area contributed by atoms with Gasteiger partial charge in [-0.3, -0.25) is 0 Å². The SMILES string of the molecule is C=CC1=CC=C(N)CC1. The third kappa shape index (κ3) is 1.46. The maximum absolute atomic E-state index is 5.53. The van der Waals surface area contributed by atoms with Gasteiger partial charge in [0.05, 0.1) is 0 Å². The fourth-order valence-corrected chi connectivity index (χ4v) is 0.840. The Morgan fingerprint density at radius 2 is 2.22 bits per heavy atom. The first-order chi connectivity index (χ1) is 4.33. The molecule has 0 saturated heterocycles. The Labute approximate surface area is 55.6 Å². The zero-order chi connectivity index (χ0) is 6.69. The molecule has 0 fully saturated rings. The van der Waals surface area contributed by atoms with Gasteiger partial charge in [-0.1, -0.05) is 18.7 Å². The zero-order valence-electron chi connectivity index (χ0n) is 5.43. The summed E-state index contributed by atoms with van der Waals surface area (Å²) in [5, 5.41) is 0. The fourth-order valence-electron chi connectivity index (χ4n) is 0.840. The van der Waals surface area contributed by atoms with E-state index in [0.717, 1.165) is 18.5 Å². The molecule has 48 valence electrons. The van der Waals surface area contributed by atoms with E-state index in [1.165, 1.54) is 5.57 Å². The first kappa shape index (κ1) is 6.14. The molecule has 2 N–H and O–H groups in total. The van der Waals surface area contributed by atoms with Crippen LogP contribution in [0.25, 0.3) is 0 Å². The summed E-state index contributed by atoms with van der Waals surface area (Å²) < 4.78 is 0. The summed E-state index contributed by atoms with van der Waals surface area (Å²) in [6.07, 6.45) is 7.87. The first-order valence-corrected chi connectivity index (χ1v) is 3.10. The van der Waals surface area contributed by atoms with Gasteiger partial charge in [-0.15, -0.1) is 0 Å². The van der Waals surface area contributed by atoms with E-state index in [-0.39, 0.29) is 0 Å². The minimum atomic E-state index is 0.973. The minimum Gasteiger partial charge on any atom is -0.402 e. The molecule has 1 nitrogen and oxygen atoms in total. The van der Waals surface area contributed by atoms with Crippen molar-refractivity contribution in [2.75, 3.05) is 0 Å². The molecule has 1 heteroatoms. The van der Waals surface area contributed by atoms with E-state index in [0.29, 0.717) is 0 Å². The molecule has 9 heavy (non-hydrogen) atoms. The molecule has 1 rings (SSSR count). The molecule has 0 spiro atoms. The van der Waals surface area contributed by atoms with Gasteiger partial charge in [-0.2, -0.15) is 0 Å². The Kier molecular flexibility index (Phi) is 1.73. The van der Waals surface area contributed by atoms with Crippen LogP contribution in [-0.4, -0.2) is 0 Å². The van der Waals surface area contributed by atoms with Gasteiger partial charge in [-0.05, 0) is 24.5 Å². The molecule has 0 aliphatic heterocycles. The first-order valence-electron chi connectivity index (χ1n) is 3.10. The van der Waals surface area contributed by atoms with E-state index in [1.54, 1.807) is 0 Å². The summed E-state index contributed by atoms with van der Waals surface area (Å²) in [7, 11) is 0. The highest BCUT2D eigenvalue weighted by Crippen LogP contribution is 2.14. The lowest BCUT2D eigenvalue weighted by Gasteiger charge is -2.06. The highest BCUT2D eigenvalue weighted by atomic mass is 14.6. The maximum atomic E-state index is 5.53. The topological polar surface area (TPSA) is 26.0 Å². The van der Waals surface area contributed by atoms with Crippen LogP contribution in [0.15, 0.2) is 36.1 Å². The second-order valence-electron chi connectivity index (χ2n) is 2.19. The molecular formula is C8H11N. The van der Waals surface area contributed by atoms with Crippen molar-refractivity contribution in [2.24, 2.45) is 5.73 Å². The fraction of sp³-hybridized carbons (Fsp3) is 0.250. The summed E-state index contributed by atoms with van der Waals surface area (Å²) in [5.74, 6) is 0. The molecule has 0 radical (unpaired) electrons. The van der Waals surface area contributed by atoms with Gasteiger partial charge in [0.25, 0.3) is 0 Å². The Morgan fingerprint density at radius 1 is 1.44 bits per heavy atom. The number of nitrogens with two attached hydrogens (primary N) is 1. The van der Waals surface area contributed by atoms with Gasteiger partial charge >= 0.3 is 0 Å². The van der Waals surface area contributed by atoms with E-state index in [9.17, 15) is 0 Å². The van der Waals surface area contributed by atoms with Crippen LogP contribution in [-0.2, 0) is 0 Å². The summed E-state index contributed by atoms with van der Waals surface area (Å²) >= 11 is 0. The van der Waals surface area contributed by atoms with Crippen LogP contribution in [0.2, 0.25) is 0 Å². The average Bonchev–Trinajstić information content (AvgIpc) is 1.90. The summed E-state index contributed by atoms with van der Waals surface area (Å²) in [5.41, 5.74) is 7.79. The normalized spacial score (nSPS) is 18.2. The number of hydrogen-bond acceptors (Lipinski definition) is 1. The minimum absolute atomic E-state index is 0.973. The molecule has 0 aromatic heterocycles. The Balaban J connectivity index is 2.69. The van der Waals surface area contributed by atoms with Crippen LogP contribution >= 0.6 is 0 Å². The number of hydrogen-bond donors (Lipinski definition) is 1. The molecule has 0 bridgehead atoms. The van der Waals surface area contributed by atoms with Gasteiger partial charge in [0, 0.05) is 5.70 Å². The van der Waals surface area contributed by atoms with Gasteiger partial charge in [0.1, 0.15) is 0 Å². The summed E-state index contributed by atoms with van der Waals surface area (Å²) in [6.45, 7) is 3.67. The molecule has 0 amide bonds. The number of rotatable bonds is 1. The zero-order valence-corrected chi connectivity index (χ0v) is 5.43. The Hall–Kier alpha value is -0.980. The van der Waals surface area contributed by atoms with Gasteiger partial charge in [0.2, 0.25) is 0 Å². The van der Waals surface area contributed by atoms with E-state index in [2.05, 4.69) is 6.58 Å². The van der Waals surface area contributed by atoms with Crippen LogP contribution in [0.1, 0.15) is 12.8 Å². The monoisotopic (exact) mass is 121 g/mol. The standard InChI is InChI=1S/C8H11N/c1-2-7-3-5-8(9)6-4-7/h2-3,5H,1,4,6,9H2. The molecular weight excluding hydrogens is 110 g/mol. The smallest absolute Gasteiger partial charge is 0.00838 e. The van der Waals surface area contributed by atoms with Crippen molar-refractivity contribution in [1.29, 1.82) is 0 Å². The van der Waals surface area contributed by atoms with Gasteiger partial charge in [-0.25, -0.2) is 0 Å². The van der Waals surface area contributed by atoms with Crippen LogP contribution in [0.4, 0.5) is 0 Å². The van der Waals surface area contributed by atoms with Gasteiger partial charge < -0.3 is 5.73 Å². The van der Waals surface area contributed by atoms with E-state index in [4.69, 9.17) is 5.73 Å². The molecule has 1 aliphatic rings. The third-order valence-electron chi connectivity index (χ3n) is 1.48. The molecule has 0 unspecified atom stereocenters. The Bertz CT molecular complexity index is 175. The molecule has 0 atom stereocenters. The molecule has 1 aliphatic carbocycles. The number of allylic oxidation sites excluding steroid dienone is 5. The molecule has 0 saturated carbocycles. The van der Waals surface area contributed by atoms with Crippen molar-refractivity contribution in [3.05, 3.63) is 36.1 Å². The summed E-state index contributed by atoms with van der Waals surface area (Å²) in [6, 6.07) is 0. The maximum Gasteiger partial charge on any atom is 0.00838 e. The average molecular weight is 121 g/mol. The van der Waals surface area contributed by atoms with Crippen LogP contribution in [0.5, 0.6) is 0 Å². The van der Waals surface area contributed by atoms with Gasteiger partial charge in [0.15, 0.2) is 0 Å². The van der Waals surface area contributed by atoms with E-state index in [1.807, 2.05) is 18.2 Å². The third-order valence-corrected chi connectivity index (χ3v) is 1.48. The van der Waals surface area contributed by atoms with E-state index >= 15 is 0 Å². The van der Waals surface area contributed by atoms with Crippen LogP contribution in [0, 0.1) is 0 Å². The highest BCUT2D eigenvalue weighted by molar-refractivity contribution is 5.28. The van der Waals surface area contributed by atoms with Crippen molar-refractivity contribution in [3.63, 3.8) is 0 Å². The van der Waals surface area contributed by atoms with Crippen molar-refractivity contribution >= 4 is 0 Å². The van der Waals surface area contributed by atoms with Crippen molar-refractivity contribution in [1.82, 2.24) is 0 Å². The van der Waals surface area contributed by atoms with Crippen molar-refractivity contribution in [2.45, 2.75) is 12.8 Å². The second-order valence-corrected chi connectivity index (χ2v) is 2.19. The summed E-state index contributed by atoms with van der Waals surface area (Å²) in [4.78, 5) is 0. The van der Waals surface area contributed by atoms with E-state index < -0.39 is 0 Å². The highest BCUT2D eigenvalue weighted by Gasteiger charge is 1.98. The lowest BCUT2D eigenvalue weighted by molar-refractivity contribution is 0.913. The predicted octanol–water partition coefficient (Wildman–Crippen LogP) is 1.74. The molecule has 0 heterocycles. The molecule has 0 aromatic rings. The Morgan fingerprint density at radius 3 is 2.67 bits per heavy atom. The van der Waals surface area contributed by atoms with Crippen LogP contribution in [0.3, 0.4) is 0 Å².